The second-order valence-electron chi connectivity index (χ2n) is 6.97. The summed E-state index contributed by atoms with van der Waals surface area (Å²) >= 11 is 7.54. The molecular formula is C20H21ClN4O2S. The van der Waals surface area contributed by atoms with Gasteiger partial charge in [0.05, 0.1) is 4.88 Å². The van der Waals surface area contributed by atoms with Gasteiger partial charge in [0.25, 0.3) is 11.8 Å². The molecule has 2 amide bonds. The van der Waals surface area contributed by atoms with Crippen molar-refractivity contribution in [3.8, 4) is 0 Å². The summed E-state index contributed by atoms with van der Waals surface area (Å²) in [5, 5.41) is 7.21. The SMILES string of the molecule is CN1CCc2sc(C(=O)NCCNC(=O)c3cc4cc(Cl)ccc4[nH]3)cc2C1. The molecule has 0 radical (unpaired) electrons. The number of amides is 2. The van der Waals surface area contributed by atoms with Gasteiger partial charge in [0.15, 0.2) is 0 Å². The average Bonchev–Trinajstić information content (AvgIpc) is 3.28. The lowest BCUT2D eigenvalue weighted by Gasteiger charge is -2.21. The highest BCUT2D eigenvalue weighted by Gasteiger charge is 2.19. The summed E-state index contributed by atoms with van der Waals surface area (Å²) in [6, 6.07) is 9.18. The number of nitrogens with zero attached hydrogens (tertiary/aromatic N) is 1. The molecule has 0 bridgehead atoms. The van der Waals surface area contributed by atoms with E-state index in [4.69, 9.17) is 11.6 Å². The van der Waals surface area contributed by atoms with Gasteiger partial charge in [0.2, 0.25) is 0 Å². The number of nitrogens with one attached hydrogen (secondary N) is 3. The molecule has 2 aromatic heterocycles. The molecule has 146 valence electrons. The van der Waals surface area contributed by atoms with Crippen molar-refractivity contribution in [3.05, 3.63) is 56.4 Å². The number of H-pyrrole nitrogens is 1. The quantitative estimate of drug-likeness (QED) is 0.559. The summed E-state index contributed by atoms with van der Waals surface area (Å²) in [4.78, 5) is 32.0. The van der Waals surface area contributed by atoms with Gasteiger partial charge in [0, 0.05) is 47.0 Å². The zero-order valence-corrected chi connectivity index (χ0v) is 17.0. The first-order valence-electron chi connectivity index (χ1n) is 9.14. The van der Waals surface area contributed by atoms with E-state index in [0.717, 1.165) is 35.3 Å². The minimum atomic E-state index is -0.212. The fourth-order valence-electron chi connectivity index (χ4n) is 3.35. The first kappa shape index (κ1) is 19.0. The highest BCUT2D eigenvalue weighted by molar-refractivity contribution is 7.14. The van der Waals surface area contributed by atoms with Gasteiger partial charge in [-0.25, -0.2) is 0 Å². The van der Waals surface area contributed by atoms with Gasteiger partial charge in [0.1, 0.15) is 5.69 Å². The third kappa shape index (κ3) is 4.06. The Balaban J connectivity index is 1.28. The lowest BCUT2D eigenvalue weighted by atomic mass is 10.1. The molecule has 3 N–H and O–H groups in total. The lowest BCUT2D eigenvalue weighted by molar-refractivity contribution is 0.0927. The maximum absolute atomic E-state index is 12.4. The van der Waals surface area contributed by atoms with Crippen molar-refractivity contribution in [1.29, 1.82) is 0 Å². The third-order valence-electron chi connectivity index (χ3n) is 4.80. The Bertz CT molecular complexity index is 1040. The number of rotatable bonds is 5. The van der Waals surface area contributed by atoms with Crippen molar-refractivity contribution in [2.45, 2.75) is 13.0 Å². The number of benzene rings is 1. The molecule has 28 heavy (non-hydrogen) atoms. The lowest BCUT2D eigenvalue weighted by Crippen LogP contribution is -2.34. The van der Waals surface area contributed by atoms with Gasteiger partial charge in [-0.2, -0.15) is 0 Å². The van der Waals surface area contributed by atoms with E-state index in [1.807, 2.05) is 18.2 Å². The van der Waals surface area contributed by atoms with Gasteiger partial charge in [-0.15, -0.1) is 11.3 Å². The number of hydrogen-bond donors (Lipinski definition) is 3. The van der Waals surface area contributed by atoms with E-state index in [9.17, 15) is 9.59 Å². The van der Waals surface area contributed by atoms with Crippen molar-refractivity contribution >= 4 is 45.7 Å². The molecule has 8 heteroatoms. The normalized spacial score (nSPS) is 14.1. The molecule has 0 aliphatic carbocycles. The standard InChI is InChI=1S/C20H21ClN4O2S/c1-25-7-4-17-13(11-25)10-18(28-17)20(27)23-6-5-22-19(26)16-9-12-8-14(21)2-3-15(12)24-16/h2-3,8-10,24H,4-7,11H2,1H3,(H,22,26)(H,23,27). The van der Waals surface area contributed by atoms with Gasteiger partial charge < -0.3 is 20.5 Å². The van der Waals surface area contributed by atoms with Gasteiger partial charge >= 0.3 is 0 Å². The van der Waals surface area contributed by atoms with Gasteiger partial charge in [-0.05, 0) is 49.4 Å². The zero-order valence-electron chi connectivity index (χ0n) is 15.5. The predicted molar refractivity (Wildman–Crippen MR) is 112 cm³/mol. The summed E-state index contributed by atoms with van der Waals surface area (Å²) in [5.41, 5.74) is 2.57. The largest absolute Gasteiger partial charge is 0.351 e. The fourth-order valence-corrected chi connectivity index (χ4v) is 4.61. The molecule has 0 spiro atoms. The number of likely N-dealkylation sites (N-methyl/N-ethyl adjacent to an activating group) is 1. The monoisotopic (exact) mass is 416 g/mol. The smallest absolute Gasteiger partial charge is 0.267 e. The van der Waals surface area contributed by atoms with Crippen LogP contribution in [0, 0.1) is 0 Å². The number of carbonyl (C=O) groups is 2. The Hall–Kier alpha value is -2.35. The topological polar surface area (TPSA) is 77.2 Å². The summed E-state index contributed by atoms with van der Waals surface area (Å²) < 4.78 is 0. The molecule has 0 fully saturated rings. The van der Waals surface area contributed by atoms with Crippen LogP contribution in [-0.4, -0.2) is 48.4 Å². The molecule has 0 unspecified atom stereocenters. The molecule has 1 aliphatic rings. The van der Waals surface area contributed by atoms with Crippen LogP contribution in [0.3, 0.4) is 0 Å². The van der Waals surface area contributed by atoms with Crippen LogP contribution in [0.4, 0.5) is 0 Å². The van der Waals surface area contributed by atoms with Crippen LogP contribution >= 0.6 is 22.9 Å². The molecular weight excluding hydrogens is 396 g/mol. The molecule has 4 rings (SSSR count). The van der Waals surface area contributed by atoms with E-state index in [0.29, 0.717) is 23.8 Å². The molecule has 3 heterocycles. The highest BCUT2D eigenvalue weighted by atomic mass is 35.5. The van der Waals surface area contributed by atoms with E-state index in [1.54, 1.807) is 23.5 Å². The molecule has 0 saturated heterocycles. The molecule has 1 aliphatic heterocycles. The van der Waals surface area contributed by atoms with E-state index in [1.165, 1.54) is 10.4 Å². The number of halogens is 1. The van der Waals surface area contributed by atoms with Crippen molar-refractivity contribution in [3.63, 3.8) is 0 Å². The van der Waals surface area contributed by atoms with Crippen LogP contribution < -0.4 is 10.6 Å². The summed E-state index contributed by atoms with van der Waals surface area (Å²) in [5.74, 6) is -0.298. The Labute approximate surface area is 171 Å². The predicted octanol–water partition coefficient (Wildman–Crippen LogP) is 3.03. The molecule has 1 aromatic carbocycles. The van der Waals surface area contributed by atoms with Gasteiger partial charge in [-0.1, -0.05) is 11.6 Å². The highest BCUT2D eigenvalue weighted by Crippen LogP contribution is 2.27. The van der Waals surface area contributed by atoms with Gasteiger partial charge in [-0.3, -0.25) is 9.59 Å². The average molecular weight is 417 g/mol. The third-order valence-corrected chi connectivity index (χ3v) is 6.28. The number of hydrogen-bond acceptors (Lipinski definition) is 4. The Morgan fingerprint density at radius 3 is 2.79 bits per heavy atom. The van der Waals surface area contributed by atoms with E-state index in [2.05, 4.69) is 27.6 Å². The fraction of sp³-hybridized carbons (Fsp3) is 0.300. The van der Waals surface area contributed by atoms with Crippen LogP contribution in [0.15, 0.2) is 30.3 Å². The van der Waals surface area contributed by atoms with Crippen molar-refractivity contribution in [1.82, 2.24) is 20.5 Å². The van der Waals surface area contributed by atoms with Crippen LogP contribution in [0.1, 0.15) is 30.6 Å². The summed E-state index contributed by atoms with van der Waals surface area (Å²) in [6.45, 7) is 2.65. The van der Waals surface area contributed by atoms with Crippen LogP contribution in [0.2, 0.25) is 5.02 Å². The van der Waals surface area contributed by atoms with Crippen LogP contribution in [0.5, 0.6) is 0 Å². The summed E-state index contributed by atoms with van der Waals surface area (Å²) in [7, 11) is 2.09. The Morgan fingerprint density at radius 1 is 1.18 bits per heavy atom. The van der Waals surface area contributed by atoms with Crippen molar-refractivity contribution in [2.24, 2.45) is 0 Å². The zero-order chi connectivity index (χ0) is 19.7. The first-order chi connectivity index (χ1) is 13.5. The maximum atomic E-state index is 12.4. The molecule has 3 aromatic rings. The number of aromatic nitrogens is 1. The number of fused-ring (bicyclic) bond motifs is 2. The Kier molecular flexibility index (Phi) is 5.39. The van der Waals surface area contributed by atoms with Crippen LogP contribution in [0.25, 0.3) is 10.9 Å². The van der Waals surface area contributed by atoms with Crippen molar-refractivity contribution in [2.75, 3.05) is 26.7 Å². The molecule has 6 nitrogen and oxygen atoms in total. The maximum Gasteiger partial charge on any atom is 0.267 e. The molecule has 0 saturated carbocycles. The molecule has 0 atom stereocenters. The summed E-state index contributed by atoms with van der Waals surface area (Å²) in [6.07, 6.45) is 0.996. The van der Waals surface area contributed by atoms with E-state index in [-0.39, 0.29) is 11.8 Å². The second kappa shape index (κ2) is 7.95. The van der Waals surface area contributed by atoms with E-state index < -0.39 is 0 Å². The minimum Gasteiger partial charge on any atom is -0.351 e. The number of carbonyl (C=O) groups excluding carboxylic acids is 2. The minimum absolute atomic E-state index is 0.0865. The van der Waals surface area contributed by atoms with Crippen LogP contribution in [-0.2, 0) is 13.0 Å². The van der Waals surface area contributed by atoms with E-state index >= 15 is 0 Å². The number of thiophene rings is 1. The number of aromatic amines is 1. The second-order valence-corrected chi connectivity index (χ2v) is 8.55. The first-order valence-corrected chi connectivity index (χ1v) is 10.3. The van der Waals surface area contributed by atoms with Crippen molar-refractivity contribution < 1.29 is 9.59 Å². The Morgan fingerprint density at radius 2 is 1.96 bits per heavy atom.